The fraction of sp³-hybridized carbons (Fsp3) is 0.333. The number of hydrogen-bond donors (Lipinski definition) is 4. The molecule has 1 saturated carbocycles. The summed E-state index contributed by atoms with van der Waals surface area (Å²) in [5.74, 6) is 0.187. The molecule has 0 heterocycles. The van der Waals surface area contributed by atoms with Crippen LogP contribution in [-0.2, 0) is 0 Å². The van der Waals surface area contributed by atoms with Gasteiger partial charge >= 0.3 is 0 Å². The molecule has 0 bridgehead atoms. The van der Waals surface area contributed by atoms with E-state index in [9.17, 15) is 4.39 Å². The van der Waals surface area contributed by atoms with Crippen LogP contribution in [0.5, 0.6) is 0 Å². The van der Waals surface area contributed by atoms with Gasteiger partial charge in [-0.1, -0.05) is 0 Å². The van der Waals surface area contributed by atoms with Crippen molar-refractivity contribution in [3.05, 3.63) is 30.1 Å². The van der Waals surface area contributed by atoms with E-state index in [4.69, 9.17) is 16.9 Å². The number of amidine groups is 2. The maximum atomic E-state index is 12.7. The molecule has 1 fully saturated rings. The van der Waals surface area contributed by atoms with Crippen molar-refractivity contribution in [1.82, 2.24) is 0 Å². The van der Waals surface area contributed by atoms with Crippen LogP contribution < -0.4 is 16.8 Å². The van der Waals surface area contributed by atoms with Crippen molar-refractivity contribution in [3.63, 3.8) is 0 Å². The SMILES string of the molecule is N=C(N)C1(C(N)=NCNc2ccc(F)cc2)CC1. The van der Waals surface area contributed by atoms with Gasteiger partial charge in [0.1, 0.15) is 24.2 Å². The van der Waals surface area contributed by atoms with Crippen LogP contribution in [0.3, 0.4) is 0 Å². The summed E-state index contributed by atoms with van der Waals surface area (Å²) < 4.78 is 12.7. The van der Waals surface area contributed by atoms with E-state index in [1.165, 1.54) is 12.1 Å². The first-order valence-corrected chi connectivity index (χ1v) is 5.69. The lowest BCUT2D eigenvalue weighted by molar-refractivity contribution is 0.628. The number of hydrogen-bond acceptors (Lipinski definition) is 3. The minimum atomic E-state index is -0.509. The van der Waals surface area contributed by atoms with Gasteiger partial charge in [-0.15, -0.1) is 0 Å². The molecule has 1 aromatic rings. The number of nitrogens with one attached hydrogen (secondary N) is 2. The van der Waals surface area contributed by atoms with Crippen molar-refractivity contribution in [2.45, 2.75) is 12.8 Å². The number of rotatable bonds is 5. The summed E-state index contributed by atoms with van der Waals surface area (Å²) in [6.45, 7) is 0.284. The second-order valence-electron chi connectivity index (χ2n) is 4.38. The summed E-state index contributed by atoms with van der Waals surface area (Å²) in [7, 11) is 0. The molecule has 2 rings (SSSR count). The Hall–Kier alpha value is -2.11. The van der Waals surface area contributed by atoms with E-state index in [2.05, 4.69) is 10.3 Å². The van der Waals surface area contributed by atoms with E-state index < -0.39 is 5.41 Å². The quantitative estimate of drug-likeness (QED) is 0.467. The first-order valence-electron chi connectivity index (χ1n) is 5.69. The Balaban J connectivity index is 1.92. The zero-order chi connectivity index (χ0) is 13.2. The maximum absolute atomic E-state index is 12.7. The number of halogens is 1. The third kappa shape index (κ3) is 2.42. The van der Waals surface area contributed by atoms with Gasteiger partial charge in [0.2, 0.25) is 0 Å². The van der Waals surface area contributed by atoms with Crippen LogP contribution in [0.15, 0.2) is 29.3 Å². The molecule has 1 aliphatic carbocycles. The molecule has 18 heavy (non-hydrogen) atoms. The van der Waals surface area contributed by atoms with Gasteiger partial charge in [0.25, 0.3) is 0 Å². The van der Waals surface area contributed by atoms with Crippen LogP contribution >= 0.6 is 0 Å². The Kier molecular flexibility index (Phi) is 3.18. The zero-order valence-electron chi connectivity index (χ0n) is 9.91. The molecule has 1 aromatic carbocycles. The lowest BCUT2D eigenvalue weighted by Gasteiger charge is -2.12. The number of nitrogens with two attached hydrogens (primary N) is 2. The van der Waals surface area contributed by atoms with Gasteiger partial charge in [0.05, 0.1) is 5.41 Å². The Labute approximate surface area is 105 Å². The highest BCUT2D eigenvalue weighted by Crippen LogP contribution is 2.45. The molecule has 6 heteroatoms. The van der Waals surface area contributed by atoms with Crippen molar-refractivity contribution >= 4 is 17.4 Å². The minimum Gasteiger partial charge on any atom is -0.387 e. The van der Waals surface area contributed by atoms with E-state index >= 15 is 0 Å². The van der Waals surface area contributed by atoms with Gasteiger partial charge in [-0.25, -0.2) is 4.39 Å². The molecule has 5 nitrogen and oxygen atoms in total. The summed E-state index contributed by atoms with van der Waals surface area (Å²) in [5.41, 5.74) is 11.6. The Morgan fingerprint density at radius 1 is 1.33 bits per heavy atom. The first kappa shape index (κ1) is 12.3. The normalized spacial score (nSPS) is 17.3. The highest BCUT2D eigenvalue weighted by molar-refractivity contribution is 6.10. The summed E-state index contributed by atoms with van der Waals surface area (Å²) in [5, 5.41) is 10.5. The summed E-state index contributed by atoms with van der Waals surface area (Å²) in [4.78, 5) is 4.17. The Morgan fingerprint density at radius 2 is 1.94 bits per heavy atom. The van der Waals surface area contributed by atoms with Gasteiger partial charge in [0, 0.05) is 5.69 Å². The fourth-order valence-corrected chi connectivity index (χ4v) is 1.72. The van der Waals surface area contributed by atoms with Crippen LogP contribution in [-0.4, -0.2) is 18.3 Å². The van der Waals surface area contributed by atoms with Crippen LogP contribution in [0.2, 0.25) is 0 Å². The third-order valence-electron chi connectivity index (χ3n) is 3.13. The molecule has 6 N–H and O–H groups in total. The predicted molar refractivity (Wildman–Crippen MR) is 70.1 cm³/mol. The molecular formula is C12H16FN5. The number of anilines is 1. The molecule has 0 amide bonds. The lowest BCUT2D eigenvalue weighted by Crippen LogP contribution is -2.37. The Morgan fingerprint density at radius 3 is 2.44 bits per heavy atom. The summed E-state index contributed by atoms with van der Waals surface area (Å²) >= 11 is 0. The molecule has 0 radical (unpaired) electrons. The van der Waals surface area contributed by atoms with E-state index in [0.717, 1.165) is 18.5 Å². The molecule has 0 aromatic heterocycles. The van der Waals surface area contributed by atoms with Gasteiger partial charge < -0.3 is 16.8 Å². The molecule has 0 atom stereocenters. The molecular weight excluding hydrogens is 233 g/mol. The summed E-state index contributed by atoms with van der Waals surface area (Å²) in [6, 6.07) is 5.98. The van der Waals surface area contributed by atoms with Crippen LogP contribution in [0.25, 0.3) is 0 Å². The van der Waals surface area contributed by atoms with Gasteiger partial charge in [-0.3, -0.25) is 10.4 Å². The smallest absolute Gasteiger partial charge is 0.123 e. The fourth-order valence-electron chi connectivity index (χ4n) is 1.72. The lowest BCUT2D eigenvalue weighted by atomic mass is 10.1. The van der Waals surface area contributed by atoms with Gasteiger partial charge in [0.15, 0.2) is 0 Å². The highest BCUT2D eigenvalue weighted by atomic mass is 19.1. The van der Waals surface area contributed by atoms with Crippen molar-refractivity contribution in [2.75, 3.05) is 12.0 Å². The number of nitrogens with zero attached hydrogens (tertiary/aromatic N) is 1. The minimum absolute atomic E-state index is 0.0746. The predicted octanol–water partition coefficient (Wildman–Crippen LogP) is 1.27. The topological polar surface area (TPSA) is 100 Å². The summed E-state index contributed by atoms with van der Waals surface area (Å²) in [6.07, 6.45) is 1.57. The third-order valence-corrected chi connectivity index (χ3v) is 3.13. The second kappa shape index (κ2) is 4.64. The van der Waals surface area contributed by atoms with E-state index in [0.29, 0.717) is 5.84 Å². The largest absolute Gasteiger partial charge is 0.387 e. The number of aliphatic imine (C=N–C) groups is 1. The highest BCUT2D eigenvalue weighted by Gasteiger charge is 2.49. The first-order chi connectivity index (χ1) is 8.54. The average molecular weight is 249 g/mol. The number of benzene rings is 1. The Bertz CT molecular complexity index is 476. The van der Waals surface area contributed by atoms with Crippen LogP contribution in [0.4, 0.5) is 10.1 Å². The van der Waals surface area contributed by atoms with Crippen molar-refractivity contribution in [1.29, 1.82) is 5.41 Å². The van der Waals surface area contributed by atoms with E-state index in [1.54, 1.807) is 12.1 Å². The molecule has 0 aliphatic heterocycles. The second-order valence-corrected chi connectivity index (χ2v) is 4.38. The standard InChI is InChI=1S/C12H16FN5/c13-8-1-3-9(4-2-8)17-7-18-11(16)12(5-6-12)10(14)15/h1-4,17H,5-7H2,(H3,14,15)(H2,16,18). The molecule has 96 valence electrons. The van der Waals surface area contributed by atoms with E-state index in [1.807, 2.05) is 0 Å². The van der Waals surface area contributed by atoms with Crippen molar-refractivity contribution in [3.8, 4) is 0 Å². The zero-order valence-corrected chi connectivity index (χ0v) is 9.91. The maximum Gasteiger partial charge on any atom is 0.123 e. The average Bonchev–Trinajstić information content (AvgIpc) is 3.13. The molecule has 0 saturated heterocycles. The molecule has 1 aliphatic rings. The van der Waals surface area contributed by atoms with Crippen LogP contribution in [0.1, 0.15) is 12.8 Å². The van der Waals surface area contributed by atoms with Crippen molar-refractivity contribution < 1.29 is 4.39 Å². The monoisotopic (exact) mass is 249 g/mol. The molecule has 0 spiro atoms. The van der Waals surface area contributed by atoms with Crippen molar-refractivity contribution in [2.24, 2.45) is 21.9 Å². The molecule has 0 unspecified atom stereocenters. The van der Waals surface area contributed by atoms with E-state index in [-0.39, 0.29) is 18.3 Å². The van der Waals surface area contributed by atoms with Crippen LogP contribution in [0, 0.1) is 16.6 Å². The van der Waals surface area contributed by atoms with Gasteiger partial charge in [-0.05, 0) is 37.1 Å². The van der Waals surface area contributed by atoms with Gasteiger partial charge in [-0.2, -0.15) is 0 Å².